The second-order valence-corrected chi connectivity index (χ2v) is 7.14. The number of hydrogen-bond donors (Lipinski definition) is 0. The molecule has 2 aromatic rings. The van der Waals surface area contributed by atoms with Crippen molar-refractivity contribution in [3.8, 4) is 0 Å². The van der Waals surface area contributed by atoms with Crippen LogP contribution in [-0.4, -0.2) is 40.7 Å². The summed E-state index contributed by atoms with van der Waals surface area (Å²) in [7, 11) is 1.92. The molecule has 0 unspecified atom stereocenters. The minimum absolute atomic E-state index is 0.119. The lowest BCUT2D eigenvalue weighted by atomic mass is 9.84. The molecule has 0 saturated carbocycles. The van der Waals surface area contributed by atoms with Crippen LogP contribution in [-0.2, 0) is 11.8 Å². The maximum Gasteiger partial charge on any atom is 0.270 e. The van der Waals surface area contributed by atoms with E-state index in [2.05, 4.69) is 30.3 Å². The molecule has 1 aromatic carbocycles. The minimum atomic E-state index is -0.167. The standard InChI is InChI=1S/C20H24N2O2/c1-21-11-5-9-18(21)19(23)22-12-6-10-20(15-22)13-17(14-24-20)16-7-3-2-4-8-16/h2-5,7-9,11,17H,6,10,12-15H2,1H3/t17-,20+/m1/s1. The van der Waals surface area contributed by atoms with Gasteiger partial charge in [-0.3, -0.25) is 4.79 Å². The smallest absolute Gasteiger partial charge is 0.270 e. The second kappa shape index (κ2) is 6.10. The van der Waals surface area contributed by atoms with Gasteiger partial charge in [0, 0.05) is 25.7 Å². The Morgan fingerprint density at radius 2 is 2.04 bits per heavy atom. The second-order valence-electron chi connectivity index (χ2n) is 7.14. The Balaban J connectivity index is 1.49. The van der Waals surface area contributed by atoms with E-state index in [0.29, 0.717) is 12.5 Å². The van der Waals surface area contributed by atoms with Crippen LogP contribution in [0.1, 0.15) is 41.2 Å². The maximum absolute atomic E-state index is 12.8. The normalized spacial score (nSPS) is 26.9. The van der Waals surface area contributed by atoms with Crippen LogP contribution in [0.5, 0.6) is 0 Å². The molecular weight excluding hydrogens is 300 g/mol. The predicted molar refractivity (Wildman–Crippen MR) is 93.0 cm³/mol. The van der Waals surface area contributed by atoms with E-state index >= 15 is 0 Å². The van der Waals surface area contributed by atoms with Gasteiger partial charge in [0.05, 0.1) is 18.8 Å². The van der Waals surface area contributed by atoms with E-state index in [1.165, 1.54) is 5.56 Å². The van der Waals surface area contributed by atoms with E-state index in [9.17, 15) is 4.79 Å². The minimum Gasteiger partial charge on any atom is -0.372 e. The molecule has 0 aliphatic carbocycles. The zero-order chi connectivity index (χ0) is 16.6. The third-order valence-electron chi connectivity index (χ3n) is 5.47. The number of amides is 1. The van der Waals surface area contributed by atoms with Gasteiger partial charge in [-0.2, -0.15) is 0 Å². The molecule has 2 fully saturated rings. The molecule has 24 heavy (non-hydrogen) atoms. The first-order chi connectivity index (χ1) is 11.7. The molecule has 2 atom stereocenters. The fraction of sp³-hybridized carbons (Fsp3) is 0.450. The molecule has 3 heterocycles. The van der Waals surface area contributed by atoms with Gasteiger partial charge in [-0.05, 0) is 37.0 Å². The summed E-state index contributed by atoms with van der Waals surface area (Å²) in [5.41, 5.74) is 1.93. The predicted octanol–water partition coefficient (Wildman–Crippen LogP) is 3.20. The van der Waals surface area contributed by atoms with Crippen molar-refractivity contribution in [3.63, 3.8) is 0 Å². The number of hydrogen-bond acceptors (Lipinski definition) is 2. The van der Waals surface area contributed by atoms with Crippen LogP contribution in [0.4, 0.5) is 0 Å². The van der Waals surface area contributed by atoms with Crippen molar-refractivity contribution in [1.29, 1.82) is 0 Å². The molecule has 2 saturated heterocycles. The summed E-state index contributed by atoms with van der Waals surface area (Å²) >= 11 is 0. The summed E-state index contributed by atoms with van der Waals surface area (Å²) in [6.07, 6.45) is 4.99. The lowest BCUT2D eigenvalue weighted by Gasteiger charge is -2.39. The number of benzene rings is 1. The molecule has 0 bridgehead atoms. The van der Waals surface area contributed by atoms with Crippen LogP contribution in [0.25, 0.3) is 0 Å². The zero-order valence-corrected chi connectivity index (χ0v) is 14.1. The van der Waals surface area contributed by atoms with E-state index in [-0.39, 0.29) is 11.5 Å². The highest BCUT2D eigenvalue weighted by Gasteiger charge is 2.45. The van der Waals surface area contributed by atoms with Crippen molar-refractivity contribution in [2.75, 3.05) is 19.7 Å². The molecule has 2 aliphatic rings. The molecule has 2 aliphatic heterocycles. The number of piperidine rings is 1. The first-order valence-electron chi connectivity index (χ1n) is 8.76. The number of ether oxygens (including phenoxy) is 1. The zero-order valence-electron chi connectivity index (χ0n) is 14.1. The van der Waals surface area contributed by atoms with E-state index in [4.69, 9.17) is 4.74 Å². The van der Waals surface area contributed by atoms with Crippen molar-refractivity contribution in [2.45, 2.75) is 30.8 Å². The Morgan fingerprint density at radius 3 is 2.79 bits per heavy atom. The van der Waals surface area contributed by atoms with Gasteiger partial charge in [0.1, 0.15) is 5.69 Å². The Kier molecular flexibility index (Phi) is 3.93. The van der Waals surface area contributed by atoms with Crippen LogP contribution < -0.4 is 0 Å². The summed E-state index contributed by atoms with van der Waals surface area (Å²) in [6, 6.07) is 14.4. The Hall–Kier alpha value is -2.07. The molecule has 4 rings (SSSR count). The van der Waals surface area contributed by atoms with Crippen LogP contribution in [0.2, 0.25) is 0 Å². The summed E-state index contributed by atoms with van der Waals surface area (Å²) in [5.74, 6) is 0.560. The van der Waals surface area contributed by atoms with Gasteiger partial charge in [0.25, 0.3) is 5.91 Å². The number of carbonyl (C=O) groups is 1. The molecule has 0 N–H and O–H groups in total. The van der Waals surface area contributed by atoms with Crippen molar-refractivity contribution in [1.82, 2.24) is 9.47 Å². The number of rotatable bonds is 2. The van der Waals surface area contributed by atoms with Crippen molar-refractivity contribution < 1.29 is 9.53 Å². The van der Waals surface area contributed by atoms with E-state index in [1.54, 1.807) is 0 Å². The molecule has 1 amide bonds. The quantitative estimate of drug-likeness (QED) is 0.850. The fourth-order valence-corrected chi connectivity index (χ4v) is 4.18. The molecule has 4 nitrogen and oxygen atoms in total. The number of nitrogens with zero attached hydrogens (tertiary/aromatic N) is 2. The summed E-state index contributed by atoms with van der Waals surface area (Å²) in [6.45, 7) is 2.29. The average molecular weight is 324 g/mol. The third-order valence-corrected chi connectivity index (χ3v) is 5.47. The third kappa shape index (κ3) is 2.75. The highest BCUT2D eigenvalue weighted by molar-refractivity contribution is 5.92. The van der Waals surface area contributed by atoms with Crippen LogP contribution in [0, 0.1) is 0 Å². The van der Waals surface area contributed by atoms with Crippen molar-refractivity contribution in [3.05, 3.63) is 59.9 Å². The highest BCUT2D eigenvalue weighted by atomic mass is 16.5. The number of aryl methyl sites for hydroxylation is 1. The highest BCUT2D eigenvalue weighted by Crippen LogP contribution is 2.41. The van der Waals surface area contributed by atoms with Gasteiger partial charge in [-0.25, -0.2) is 0 Å². The summed E-state index contributed by atoms with van der Waals surface area (Å²) < 4.78 is 8.17. The molecule has 0 radical (unpaired) electrons. The fourth-order valence-electron chi connectivity index (χ4n) is 4.18. The topological polar surface area (TPSA) is 34.5 Å². The summed E-state index contributed by atoms with van der Waals surface area (Å²) in [4.78, 5) is 14.8. The van der Waals surface area contributed by atoms with Crippen LogP contribution in [0.3, 0.4) is 0 Å². The van der Waals surface area contributed by atoms with E-state index < -0.39 is 0 Å². The number of carbonyl (C=O) groups excluding carboxylic acids is 1. The van der Waals surface area contributed by atoms with Crippen molar-refractivity contribution >= 4 is 5.91 Å². The number of aromatic nitrogens is 1. The number of likely N-dealkylation sites (tertiary alicyclic amines) is 1. The van der Waals surface area contributed by atoms with Gasteiger partial charge in [-0.15, -0.1) is 0 Å². The van der Waals surface area contributed by atoms with Crippen LogP contribution >= 0.6 is 0 Å². The van der Waals surface area contributed by atoms with Crippen molar-refractivity contribution in [2.24, 2.45) is 7.05 Å². The Labute approximate surface area is 143 Å². The first kappa shape index (κ1) is 15.5. The van der Waals surface area contributed by atoms with Gasteiger partial charge in [0.15, 0.2) is 0 Å². The van der Waals surface area contributed by atoms with E-state index in [1.807, 2.05) is 34.8 Å². The maximum atomic E-state index is 12.8. The molecular formula is C20H24N2O2. The van der Waals surface area contributed by atoms with Gasteiger partial charge >= 0.3 is 0 Å². The van der Waals surface area contributed by atoms with Crippen LogP contribution in [0.15, 0.2) is 48.7 Å². The molecule has 1 spiro atoms. The lowest BCUT2D eigenvalue weighted by molar-refractivity contribution is -0.0449. The molecule has 4 heteroatoms. The van der Waals surface area contributed by atoms with Gasteiger partial charge < -0.3 is 14.2 Å². The lowest BCUT2D eigenvalue weighted by Crippen LogP contribution is -2.50. The Bertz CT molecular complexity index is 724. The van der Waals surface area contributed by atoms with Gasteiger partial charge in [0.2, 0.25) is 0 Å². The summed E-state index contributed by atoms with van der Waals surface area (Å²) in [5, 5.41) is 0. The largest absolute Gasteiger partial charge is 0.372 e. The Morgan fingerprint density at radius 1 is 1.21 bits per heavy atom. The monoisotopic (exact) mass is 324 g/mol. The van der Waals surface area contributed by atoms with Gasteiger partial charge in [-0.1, -0.05) is 30.3 Å². The van der Waals surface area contributed by atoms with E-state index in [0.717, 1.165) is 38.1 Å². The first-order valence-corrected chi connectivity index (χ1v) is 8.76. The molecule has 126 valence electrons. The average Bonchev–Trinajstić information content (AvgIpc) is 3.22. The SMILES string of the molecule is Cn1cccc1C(=O)N1CCC[C@]2(C[C@@H](c3ccccc3)CO2)C1. The molecule has 1 aromatic heterocycles.